The first-order valence-corrected chi connectivity index (χ1v) is 9.21. The van der Waals surface area contributed by atoms with Crippen LogP contribution in [0.5, 0.6) is 0 Å². The molecule has 5 nitrogen and oxygen atoms in total. The van der Waals surface area contributed by atoms with E-state index in [1.807, 2.05) is 19.2 Å². The molecule has 0 spiro atoms. The molecule has 1 aromatic carbocycles. The van der Waals surface area contributed by atoms with Gasteiger partial charge in [-0.25, -0.2) is 9.37 Å². The van der Waals surface area contributed by atoms with Gasteiger partial charge in [0.25, 0.3) is 0 Å². The molecule has 2 aromatic heterocycles. The Hall–Kier alpha value is -2.70. The summed E-state index contributed by atoms with van der Waals surface area (Å²) in [7, 11) is 2.03. The predicted molar refractivity (Wildman–Crippen MR) is 105 cm³/mol. The van der Waals surface area contributed by atoms with Crippen molar-refractivity contribution < 1.29 is 9.50 Å². The van der Waals surface area contributed by atoms with Gasteiger partial charge in [0.1, 0.15) is 11.5 Å². The molecular weight excluding hydrogens is 343 g/mol. The number of halogens is 1. The minimum absolute atomic E-state index is 0.0328. The number of aromatic amines is 1. The largest absolute Gasteiger partial charge is 0.394 e. The van der Waals surface area contributed by atoms with E-state index in [-0.39, 0.29) is 18.5 Å². The van der Waals surface area contributed by atoms with Crippen molar-refractivity contribution in [3.63, 3.8) is 0 Å². The summed E-state index contributed by atoms with van der Waals surface area (Å²) in [6, 6.07) is 6.90. The van der Waals surface area contributed by atoms with Gasteiger partial charge >= 0.3 is 0 Å². The van der Waals surface area contributed by atoms with E-state index < -0.39 is 0 Å². The molecule has 0 unspecified atom stereocenters. The fourth-order valence-electron chi connectivity index (χ4n) is 4.32. The van der Waals surface area contributed by atoms with Gasteiger partial charge in [-0.15, -0.1) is 0 Å². The van der Waals surface area contributed by atoms with Gasteiger partial charge in [0.05, 0.1) is 6.61 Å². The molecule has 3 N–H and O–H groups in total. The van der Waals surface area contributed by atoms with Crippen LogP contribution in [0.3, 0.4) is 0 Å². The van der Waals surface area contributed by atoms with Gasteiger partial charge in [-0.3, -0.25) is 0 Å². The number of anilines is 1. The molecule has 0 bridgehead atoms. The third-order valence-corrected chi connectivity index (χ3v) is 5.57. The SMILES string of the molecule is CN1Cc2c(C3=C[C@H](CO)NCC3)[nH]c3nccc(c23)-c2cc(F)ccc21. The van der Waals surface area contributed by atoms with Crippen molar-refractivity contribution in [2.24, 2.45) is 0 Å². The van der Waals surface area contributed by atoms with Crippen LogP contribution < -0.4 is 10.2 Å². The normalized spacial score (nSPS) is 19.0. The van der Waals surface area contributed by atoms with Crippen molar-refractivity contribution in [1.82, 2.24) is 15.3 Å². The average molecular weight is 364 g/mol. The molecule has 5 rings (SSSR count). The summed E-state index contributed by atoms with van der Waals surface area (Å²) < 4.78 is 14.0. The number of hydrogen-bond donors (Lipinski definition) is 3. The summed E-state index contributed by atoms with van der Waals surface area (Å²) in [4.78, 5) is 10.2. The van der Waals surface area contributed by atoms with E-state index in [9.17, 15) is 9.50 Å². The van der Waals surface area contributed by atoms with Crippen molar-refractivity contribution in [3.05, 3.63) is 53.6 Å². The molecular formula is C21H21FN4O. The maximum atomic E-state index is 14.0. The van der Waals surface area contributed by atoms with Crippen molar-refractivity contribution >= 4 is 22.3 Å². The van der Waals surface area contributed by atoms with Crippen molar-refractivity contribution in [2.75, 3.05) is 25.1 Å². The first-order chi connectivity index (χ1) is 13.2. The fraction of sp³-hybridized carbons (Fsp3) is 0.286. The van der Waals surface area contributed by atoms with Crippen LogP contribution >= 0.6 is 0 Å². The summed E-state index contributed by atoms with van der Waals surface area (Å²) in [5.41, 5.74) is 7.17. The monoisotopic (exact) mass is 364 g/mol. The Morgan fingerprint density at radius 3 is 3.04 bits per heavy atom. The maximum Gasteiger partial charge on any atom is 0.138 e. The van der Waals surface area contributed by atoms with Gasteiger partial charge in [0.2, 0.25) is 0 Å². The lowest BCUT2D eigenvalue weighted by atomic mass is 9.96. The number of pyridine rings is 1. The van der Waals surface area contributed by atoms with Crippen LogP contribution in [0.4, 0.5) is 10.1 Å². The molecule has 2 aliphatic heterocycles. The maximum absolute atomic E-state index is 14.0. The Balaban J connectivity index is 1.78. The molecule has 0 fully saturated rings. The van der Waals surface area contributed by atoms with Gasteiger partial charge in [0, 0.05) is 53.7 Å². The smallest absolute Gasteiger partial charge is 0.138 e. The molecule has 1 atom stereocenters. The molecule has 0 radical (unpaired) electrons. The van der Waals surface area contributed by atoms with Crippen molar-refractivity contribution in [2.45, 2.75) is 19.0 Å². The van der Waals surface area contributed by atoms with Crippen LogP contribution in [-0.2, 0) is 6.54 Å². The Morgan fingerprint density at radius 1 is 1.30 bits per heavy atom. The highest BCUT2D eigenvalue weighted by Gasteiger charge is 2.26. The van der Waals surface area contributed by atoms with E-state index in [2.05, 4.69) is 26.3 Å². The summed E-state index contributed by atoms with van der Waals surface area (Å²) in [5.74, 6) is -0.238. The number of benzene rings is 1. The number of aromatic nitrogens is 2. The Morgan fingerprint density at radius 2 is 2.19 bits per heavy atom. The Kier molecular flexibility index (Phi) is 3.77. The van der Waals surface area contributed by atoms with E-state index in [1.54, 1.807) is 12.3 Å². The lowest BCUT2D eigenvalue weighted by Crippen LogP contribution is -2.35. The summed E-state index contributed by atoms with van der Waals surface area (Å²) in [6.07, 6.45) is 4.76. The van der Waals surface area contributed by atoms with Crippen LogP contribution in [0, 0.1) is 5.82 Å². The number of hydrogen-bond acceptors (Lipinski definition) is 4. The topological polar surface area (TPSA) is 64.2 Å². The minimum atomic E-state index is -0.238. The summed E-state index contributed by atoms with van der Waals surface area (Å²) in [6.45, 7) is 1.61. The molecule has 4 heterocycles. The molecule has 2 aliphatic rings. The van der Waals surface area contributed by atoms with Crippen molar-refractivity contribution in [3.8, 4) is 11.1 Å². The third kappa shape index (κ3) is 2.56. The predicted octanol–water partition coefficient (Wildman–Crippen LogP) is 3.06. The van der Waals surface area contributed by atoms with Crippen LogP contribution in [0.25, 0.3) is 27.7 Å². The zero-order chi connectivity index (χ0) is 18.5. The molecule has 27 heavy (non-hydrogen) atoms. The number of aliphatic hydroxyl groups is 1. The van der Waals surface area contributed by atoms with Gasteiger partial charge in [-0.05, 0) is 48.4 Å². The van der Waals surface area contributed by atoms with E-state index in [0.29, 0.717) is 6.54 Å². The lowest BCUT2D eigenvalue weighted by Gasteiger charge is -2.23. The summed E-state index contributed by atoms with van der Waals surface area (Å²) in [5, 5.41) is 13.9. The molecule has 0 amide bonds. The third-order valence-electron chi connectivity index (χ3n) is 5.57. The van der Waals surface area contributed by atoms with Gasteiger partial charge < -0.3 is 20.3 Å². The van der Waals surface area contributed by atoms with Crippen LogP contribution in [-0.4, -0.2) is 41.3 Å². The Bertz CT molecular complexity index is 1070. The number of aliphatic hydroxyl groups excluding tert-OH is 1. The molecule has 0 saturated heterocycles. The molecule has 138 valence electrons. The van der Waals surface area contributed by atoms with Crippen molar-refractivity contribution in [1.29, 1.82) is 0 Å². The summed E-state index contributed by atoms with van der Waals surface area (Å²) >= 11 is 0. The van der Waals surface area contributed by atoms with Crippen LogP contribution in [0.15, 0.2) is 36.5 Å². The van der Waals surface area contributed by atoms with Crippen LogP contribution in [0.2, 0.25) is 0 Å². The fourth-order valence-corrected chi connectivity index (χ4v) is 4.32. The van der Waals surface area contributed by atoms with Gasteiger partial charge in [-0.2, -0.15) is 0 Å². The highest BCUT2D eigenvalue weighted by atomic mass is 19.1. The quantitative estimate of drug-likeness (QED) is 0.654. The number of H-pyrrole nitrogens is 1. The number of rotatable bonds is 2. The number of fused-ring (bicyclic) bond motifs is 2. The zero-order valence-corrected chi connectivity index (χ0v) is 15.1. The number of nitrogens with zero attached hydrogens (tertiary/aromatic N) is 2. The van der Waals surface area contributed by atoms with E-state index in [4.69, 9.17) is 0 Å². The Labute approximate surface area is 156 Å². The second kappa shape index (κ2) is 6.18. The standard InChI is InChI=1S/C21H21FN4O/c1-26-10-17-19-15(16-9-13(22)2-3-18(16)26)5-7-24-21(19)25-20(17)12-4-6-23-14(8-12)11-27/h2-3,5,7-9,14,23,27H,4,6,10-11H2,1H3,(H,24,25)/t14-/m1/s1. The van der Waals surface area contributed by atoms with Crippen LogP contribution in [0.1, 0.15) is 17.7 Å². The van der Waals surface area contributed by atoms with E-state index >= 15 is 0 Å². The molecule has 3 aromatic rings. The average Bonchev–Trinajstić information content (AvgIpc) is 3.00. The van der Waals surface area contributed by atoms with Gasteiger partial charge in [0.15, 0.2) is 0 Å². The zero-order valence-electron chi connectivity index (χ0n) is 15.1. The lowest BCUT2D eigenvalue weighted by molar-refractivity contribution is 0.263. The number of nitrogens with one attached hydrogen (secondary N) is 2. The second-order valence-corrected chi connectivity index (χ2v) is 7.26. The minimum Gasteiger partial charge on any atom is -0.394 e. The van der Waals surface area contributed by atoms with E-state index in [0.717, 1.165) is 46.5 Å². The van der Waals surface area contributed by atoms with Gasteiger partial charge in [-0.1, -0.05) is 6.08 Å². The molecule has 0 aliphatic carbocycles. The molecule has 6 heteroatoms. The second-order valence-electron chi connectivity index (χ2n) is 7.26. The highest BCUT2D eigenvalue weighted by molar-refractivity contribution is 6.02. The van der Waals surface area contributed by atoms with E-state index in [1.165, 1.54) is 17.2 Å². The first-order valence-electron chi connectivity index (χ1n) is 9.21. The highest BCUT2D eigenvalue weighted by Crippen LogP contribution is 2.43. The molecule has 0 saturated carbocycles. The first kappa shape index (κ1) is 16.5.